The molecule has 1 aliphatic rings. The third-order valence-electron chi connectivity index (χ3n) is 3.91. The summed E-state index contributed by atoms with van der Waals surface area (Å²) >= 11 is 4.33. The average Bonchev–Trinajstić information content (AvgIpc) is 2.34. The summed E-state index contributed by atoms with van der Waals surface area (Å²) in [5.74, 6) is 1.30. The van der Waals surface area contributed by atoms with Gasteiger partial charge >= 0.3 is 0 Å². The molecule has 0 radical (unpaired) electrons. The number of rotatable bonds is 2. The zero-order valence-corrected chi connectivity index (χ0v) is 11.8. The molecule has 0 aliphatic heterocycles. The van der Waals surface area contributed by atoms with Crippen molar-refractivity contribution in [1.82, 2.24) is 0 Å². The second-order valence-corrected chi connectivity index (χ2v) is 5.63. The van der Waals surface area contributed by atoms with Crippen molar-refractivity contribution in [3.63, 3.8) is 0 Å². The van der Waals surface area contributed by atoms with Crippen LogP contribution in [0.15, 0.2) is 0 Å². The first-order valence-corrected chi connectivity index (χ1v) is 7.77. The standard InChI is InChI=1S/C14H27NOS/c15-10-12-8-6-4-2-1-3-5-7-9-13(11-17)14(12)16/h12-13,17H,1-11,15H2. The molecule has 0 amide bonds. The van der Waals surface area contributed by atoms with Gasteiger partial charge in [-0.05, 0) is 18.6 Å². The highest BCUT2D eigenvalue weighted by Crippen LogP contribution is 2.22. The number of nitrogens with two attached hydrogens (primary N) is 1. The Kier molecular flexibility index (Phi) is 7.95. The van der Waals surface area contributed by atoms with Gasteiger partial charge in [0.25, 0.3) is 0 Å². The zero-order chi connectivity index (χ0) is 12.5. The van der Waals surface area contributed by atoms with E-state index in [-0.39, 0.29) is 11.8 Å². The molecule has 2 N–H and O–H groups in total. The maximum Gasteiger partial charge on any atom is 0.141 e. The summed E-state index contributed by atoms with van der Waals surface area (Å²) in [4.78, 5) is 12.3. The minimum Gasteiger partial charge on any atom is -0.330 e. The summed E-state index contributed by atoms with van der Waals surface area (Å²) in [7, 11) is 0. The summed E-state index contributed by atoms with van der Waals surface area (Å²) < 4.78 is 0. The lowest BCUT2D eigenvalue weighted by Crippen LogP contribution is -2.30. The van der Waals surface area contributed by atoms with Crippen LogP contribution in [0.1, 0.15) is 57.8 Å². The molecule has 0 aromatic heterocycles. The Bertz CT molecular complexity index is 200. The largest absolute Gasteiger partial charge is 0.330 e. The summed E-state index contributed by atoms with van der Waals surface area (Å²) in [5.41, 5.74) is 5.75. The van der Waals surface area contributed by atoms with Crippen molar-refractivity contribution in [3.05, 3.63) is 0 Å². The van der Waals surface area contributed by atoms with Gasteiger partial charge in [-0.25, -0.2) is 0 Å². The molecule has 3 heteroatoms. The number of hydrogen-bond acceptors (Lipinski definition) is 3. The van der Waals surface area contributed by atoms with Gasteiger partial charge in [-0.1, -0.05) is 44.9 Å². The van der Waals surface area contributed by atoms with Crippen LogP contribution in [0.25, 0.3) is 0 Å². The summed E-state index contributed by atoms with van der Waals surface area (Å²) in [6.07, 6.45) is 10.9. The fourth-order valence-electron chi connectivity index (χ4n) is 2.70. The van der Waals surface area contributed by atoms with Crippen molar-refractivity contribution in [2.75, 3.05) is 12.3 Å². The number of thiol groups is 1. The van der Waals surface area contributed by atoms with Crippen LogP contribution in [-0.2, 0) is 4.79 Å². The highest BCUT2D eigenvalue weighted by atomic mass is 32.1. The monoisotopic (exact) mass is 257 g/mol. The summed E-state index contributed by atoms with van der Waals surface area (Å²) in [5, 5.41) is 0. The Morgan fingerprint density at radius 2 is 1.41 bits per heavy atom. The highest BCUT2D eigenvalue weighted by Gasteiger charge is 2.24. The first-order chi connectivity index (χ1) is 8.29. The van der Waals surface area contributed by atoms with Gasteiger partial charge in [0.1, 0.15) is 5.78 Å². The van der Waals surface area contributed by atoms with Crippen LogP contribution in [0.4, 0.5) is 0 Å². The molecule has 100 valence electrons. The molecule has 0 saturated heterocycles. The average molecular weight is 257 g/mol. The van der Waals surface area contributed by atoms with E-state index >= 15 is 0 Å². The van der Waals surface area contributed by atoms with E-state index in [0.29, 0.717) is 18.1 Å². The van der Waals surface area contributed by atoms with Crippen molar-refractivity contribution in [2.45, 2.75) is 57.8 Å². The molecular weight excluding hydrogens is 230 g/mol. The molecule has 0 aromatic rings. The van der Waals surface area contributed by atoms with Crippen molar-refractivity contribution >= 4 is 18.4 Å². The van der Waals surface area contributed by atoms with E-state index in [0.717, 1.165) is 19.3 Å². The molecule has 0 heterocycles. The van der Waals surface area contributed by atoms with Gasteiger partial charge in [0, 0.05) is 18.4 Å². The van der Waals surface area contributed by atoms with Crippen molar-refractivity contribution in [2.24, 2.45) is 17.6 Å². The normalized spacial score (nSPS) is 29.4. The minimum atomic E-state index is 0.0894. The fourth-order valence-corrected chi connectivity index (χ4v) is 3.06. The van der Waals surface area contributed by atoms with Crippen LogP contribution in [0, 0.1) is 11.8 Å². The van der Waals surface area contributed by atoms with Crippen molar-refractivity contribution in [3.8, 4) is 0 Å². The lowest BCUT2D eigenvalue weighted by atomic mass is 9.86. The van der Waals surface area contributed by atoms with E-state index in [1.807, 2.05) is 0 Å². The maximum atomic E-state index is 12.3. The third-order valence-corrected chi connectivity index (χ3v) is 4.36. The molecule has 0 bridgehead atoms. The van der Waals surface area contributed by atoms with Crippen molar-refractivity contribution < 1.29 is 4.79 Å². The van der Waals surface area contributed by atoms with E-state index in [2.05, 4.69) is 12.6 Å². The van der Waals surface area contributed by atoms with Gasteiger partial charge in [0.15, 0.2) is 0 Å². The van der Waals surface area contributed by atoms with Crippen LogP contribution >= 0.6 is 12.6 Å². The van der Waals surface area contributed by atoms with Gasteiger partial charge in [-0.3, -0.25) is 4.79 Å². The molecule has 2 atom stereocenters. The van der Waals surface area contributed by atoms with Gasteiger partial charge in [0.2, 0.25) is 0 Å². The topological polar surface area (TPSA) is 43.1 Å². The molecule has 1 saturated carbocycles. The molecule has 0 spiro atoms. The van der Waals surface area contributed by atoms with E-state index in [1.54, 1.807) is 0 Å². The van der Waals surface area contributed by atoms with E-state index in [1.165, 1.54) is 38.5 Å². The summed E-state index contributed by atoms with van der Waals surface area (Å²) in [6.45, 7) is 0.517. The van der Waals surface area contributed by atoms with Crippen LogP contribution in [0.2, 0.25) is 0 Å². The lowest BCUT2D eigenvalue weighted by molar-refractivity contribution is -0.126. The van der Waals surface area contributed by atoms with Crippen molar-refractivity contribution in [1.29, 1.82) is 0 Å². The predicted molar refractivity (Wildman–Crippen MR) is 76.4 cm³/mol. The molecule has 2 unspecified atom stereocenters. The molecule has 1 fully saturated rings. The second kappa shape index (κ2) is 8.98. The minimum absolute atomic E-state index is 0.0894. The van der Waals surface area contributed by atoms with Crippen LogP contribution in [0.5, 0.6) is 0 Å². The van der Waals surface area contributed by atoms with Gasteiger partial charge in [-0.15, -0.1) is 0 Å². The Labute approximate surface area is 111 Å². The van der Waals surface area contributed by atoms with E-state index in [4.69, 9.17) is 5.73 Å². The smallest absolute Gasteiger partial charge is 0.141 e. The molecule has 2 nitrogen and oxygen atoms in total. The number of ketones is 1. The SMILES string of the molecule is NCC1CCCCCCCCCC(CS)C1=O. The number of Topliss-reactive ketones (excluding diaryl/α,β-unsaturated/α-hetero) is 1. The third kappa shape index (κ3) is 5.43. The molecule has 1 aliphatic carbocycles. The van der Waals surface area contributed by atoms with Gasteiger partial charge in [0.05, 0.1) is 0 Å². The highest BCUT2D eigenvalue weighted by molar-refractivity contribution is 7.80. The first kappa shape index (κ1) is 15.0. The van der Waals surface area contributed by atoms with Crippen LogP contribution in [0.3, 0.4) is 0 Å². The van der Waals surface area contributed by atoms with Crippen LogP contribution in [-0.4, -0.2) is 18.1 Å². The Balaban J connectivity index is 2.55. The first-order valence-electron chi connectivity index (χ1n) is 7.14. The Morgan fingerprint density at radius 1 is 0.941 bits per heavy atom. The summed E-state index contributed by atoms with van der Waals surface area (Å²) in [6, 6.07) is 0. The lowest BCUT2D eigenvalue weighted by Gasteiger charge is -2.21. The molecular formula is C14H27NOS. The Morgan fingerprint density at radius 3 is 1.88 bits per heavy atom. The van der Waals surface area contributed by atoms with Gasteiger partial charge < -0.3 is 5.73 Å². The Hall–Kier alpha value is -0.0200. The maximum absolute atomic E-state index is 12.3. The number of carbonyl (C=O) groups is 1. The van der Waals surface area contributed by atoms with Crippen LogP contribution < -0.4 is 5.73 Å². The van der Waals surface area contributed by atoms with E-state index < -0.39 is 0 Å². The molecule has 1 rings (SSSR count). The zero-order valence-electron chi connectivity index (χ0n) is 10.9. The quantitative estimate of drug-likeness (QED) is 0.746. The molecule has 0 aromatic carbocycles. The second-order valence-electron chi connectivity index (χ2n) is 5.27. The fraction of sp³-hybridized carbons (Fsp3) is 0.929. The van der Waals surface area contributed by atoms with Gasteiger partial charge in [-0.2, -0.15) is 12.6 Å². The number of hydrogen-bond donors (Lipinski definition) is 2. The number of carbonyl (C=O) groups excluding carboxylic acids is 1. The molecule has 17 heavy (non-hydrogen) atoms. The van der Waals surface area contributed by atoms with E-state index in [9.17, 15) is 4.79 Å². The predicted octanol–water partition coefficient (Wildman–Crippen LogP) is 3.20.